The van der Waals surface area contributed by atoms with Crippen LogP contribution in [0.5, 0.6) is 11.5 Å². The first-order chi connectivity index (χ1) is 18.3. The number of methoxy groups -OCH3 is 2. The van der Waals surface area contributed by atoms with Crippen LogP contribution in [-0.4, -0.2) is 39.6 Å². The maximum atomic E-state index is 13.3. The molecule has 38 heavy (non-hydrogen) atoms. The lowest BCUT2D eigenvalue weighted by molar-refractivity contribution is -0.274. The molecule has 2 aromatic rings. The van der Waals surface area contributed by atoms with Crippen LogP contribution in [0.4, 0.5) is 18.9 Å². The molecule has 2 aromatic carbocycles. The molecule has 0 aromatic heterocycles. The first-order valence-electron chi connectivity index (χ1n) is 12.0. The van der Waals surface area contributed by atoms with Crippen molar-refractivity contribution in [3.05, 3.63) is 89.1 Å². The largest absolute Gasteiger partial charge is 0.573 e. The number of nitrogens with zero attached hydrogens (tertiary/aromatic N) is 1. The molecule has 1 aliphatic carbocycles. The van der Waals surface area contributed by atoms with Crippen molar-refractivity contribution in [3.63, 3.8) is 0 Å². The van der Waals surface area contributed by atoms with E-state index in [0.717, 1.165) is 24.0 Å². The zero-order valence-electron chi connectivity index (χ0n) is 20.8. The van der Waals surface area contributed by atoms with Crippen LogP contribution in [0, 0.1) is 0 Å². The fraction of sp³-hybridized carbons (Fsp3) is 0.321. The SMILES string of the molecule is COC1=CC=C(CN2C(=O)COC(c3cccc(OC)c3C3CC3)c3cc(OC(F)(F)F)ccc32)OC=C1. The normalized spacial score (nSPS) is 19.4. The van der Waals surface area contributed by atoms with E-state index in [0.29, 0.717) is 28.5 Å². The fourth-order valence-corrected chi connectivity index (χ4v) is 4.69. The lowest BCUT2D eigenvalue weighted by atomic mass is 9.92. The number of fused-ring (bicyclic) bond motifs is 1. The summed E-state index contributed by atoms with van der Waals surface area (Å²) in [5.41, 5.74) is 2.44. The van der Waals surface area contributed by atoms with Gasteiger partial charge in [-0.25, -0.2) is 0 Å². The fourth-order valence-electron chi connectivity index (χ4n) is 4.69. The molecule has 2 heterocycles. The molecule has 0 bridgehead atoms. The van der Waals surface area contributed by atoms with E-state index in [-0.39, 0.29) is 25.0 Å². The summed E-state index contributed by atoms with van der Waals surface area (Å²) in [5, 5.41) is 0. The topological polar surface area (TPSA) is 66.5 Å². The van der Waals surface area contributed by atoms with Gasteiger partial charge in [0.25, 0.3) is 5.91 Å². The van der Waals surface area contributed by atoms with Crippen molar-refractivity contribution in [3.8, 4) is 11.5 Å². The average molecular weight is 530 g/mol. The number of alkyl halides is 3. The maximum absolute atomic E-state index is 13.3. The summed E-state index contributed by atoms with van der Waals surface area (Å²) >= 11 is 0. The minimum absolute atomic E-state index is 0.0206. The Bertz CT molecular complexity index is 1310. The van der Waals surface area contributed by atoms with Crippen LogP contribution in [0.3, 0.4) is 0 Å². The van der Waals surface area contributed by atoms with Gasteiger partial charge in [-0.15, -0.1) is 13.2 Å². The number of anilines is 1. The van der Waals surface area contributed by atoms with Gasteiger partial charge in [0.2, 0.25) is 0 Å². The van der Waals surface area contributed by atoms with Gasteiger partial charge in [0.1, 0.15) is 35.7 Å². The summed E-state index contributed by atoms with van der Waals surface area (Å²) in [5.74, 6) is 1.14. The summed E-state index contributed by atoms with van der Waals surface area (Å²) in [4.78, 5) is 14.8. The summed E-state index contributed by atoms with van der Waals surface area (Å²) in [7, 11) is 3.10. The number of carbonyl (C=O) groups is 1. The Balaban J connectivity index is 1.61. The average Bonchev–Trinajstić information content (AvgIpc) is 3.74. The second-order valence-corrected chi connectivity index (χ2v) is 9.00. The molecule has 0 saturated heterocycles. The van der Waals surface area contributed by atoms with Gasteiger partial charge in [-0.2, -0.15) is 0 Å². The van der Waals surface area contributed by atoms with Gasteiger partial charge in [-0.3, -0.25) is 4.79 Å². The third-order valence-electron chi connectivity index (χ3n) is 6.50. The number of carbonyl (C=O) groups excluding carboxylic acids is 1. The monoisotopic (exact) mass is 529 g/mol. The Hall–Kier alpha value is -3.92. The van der Waals surface area contributed by atoms with Crippen molar-refractivity contribution < 1.29 is 41.7 Å². The highest BCUT2D eigenvalue weighted by Crippen LogP contribution is 2.50. The molecule has 10 heteroatoms. The van der Waals surface area contributed by atoms with Crippen LogP contribution in [0.15, 0.2) is 72.4 Å². The van der Waals surface area contributed by atoms with Crippen LogP contribution in [-0.2, 0) is 19.0 Å². The summed E-state index contributed by atoms with van der Waals surface area (Å²) in [6.07, 6.45) is 2.65. The Morgan fingerprint density at radius 2 is 1.87 bits per heavy atom. The predicted molar refractivity (Wildman–Crippen MR) is 132 cm³/mol. The molecule has 3 aliphatic rings. The molecular weight excluding hydrogens is 503 g/mol. The number of hydrogen-bond donors (Lipinski definition) is 0. The lowest BCUT2D eigenvalue weighted by Crippen LogP contribution is -2.34. The van der Waals surface area contributed by atoms with Gasteiger partial charge in [0, 0.05) is 17.2 Å². The van der Waals surface area contributed by atoms with Crippen LogP contribution < -0.4 is 14.4 Å². The van der Waals surface area contributed by atoms with E-state index in [1.807, 2.05) is 12.1 Å². The molecule has 1 fully saturated rings. The molecule has 0 radical (unpaired) electrons. The van der Waals surface area contributed by atoms with Crippen molar-refractivity contribution >= 4 is 11.6 Å². The molecule has 7 nitrogen and oxygen atoms in total. The number of ether oxygens (including phenoxy) is 5. The smallest absolute Gasteiger partial charge is 0.497 e. The molecule has 1 amide bonds. The van der Waals surface area contributed by atoms with Crippen LogP contribution in [0.1, 0.15) is 41.6 Å². The number of benzene rings is 2. The van der Waals surface area contributed by atoms with Crippen LogP contribution in [0.2, 0.25) is 0 Å². The number of amides is 1. The van der Waals surface area contributed by atoms with Gasteiger partial charge >= 0.3 is 6.36 Å². The van der Waals surface area contributed by atoms with E-state index in [1.165, 1.54) is 36.5 Å². The zero-order valence-corrected chi connectivity index (χ0v) is 20.8. The van der Waals surface area contributed by atoms with E-state index in [9.17, 15) is 18.0 Å². The lowest BCUT2D eigenvalue weighted by Gasteiger charge is -2.26. The number of rotatable bonds is 7. The quantitative estimate of drug-likeness (QED) is 0.446. The number of halogens is 3. The van der Waals surface area contributed by atoms with E-state index in [2.05, 4.69) is 4.74 Å². The van der Waals surface area contributed by atoms with Gasteiger partial charge < -0.3 is 28.6 Å². The van der Waals surface area contributed by atoms with Crippen LogP contribution >= 0.6 is 0 Å². The Morgan fingerprint density at radius 1 is 1.05 bits per heavy atom. The van der Waals surface area contributed by atoms with Gasteiger partial charge in [-0.1, -0.05) is 12.1 Å². The van der Waals surface area contributed by atoms with Crippen molar-refractivity contribution in [2.75, 3.05) is 32.3 Å². The molecule has 2 aliphatic heterocycles. The molecular formula is C28H26F3NO6. The van der Waals surface area contributed by atoms with E-state index >= 15 is 0 Å². The predicted octanol–water partition coefficient (Wildman–Crippen LogP) is 5.88. The minimum Gasteiger partial charge on any atom is -0.497 e. The first kappa shape index (κ1) is 25.7. The molecule has 5 rings (SSSR count). The zero-order chi connectivity index (χ0) is 26.9. The van der Waals surface area contributed by atoms with Crippen molar-refractivity contribution in [1.29, 1.82) is 0 Å². The summed E-state index contributed by atoms with van der Waals surface area (Å²) < 4.78 is 66.2. The molecule has 200 valence electrons. The number of allylic oxidation sites excluding steroid dienone is 3. The van der Waals surface area contributed by atoms with Crippen molar-refractivity contribution in [1.82, 2.24) is 0 Å². The third kappa shape index (κ3) is 5.50. The second-order valence-electron chi connectivity index (χ2n) is 9.00. The highest BCUT2D eigenvalue weighted by Gasteiger charge is 2.37. The molecule has 1 atom stereocenters. The highest BCUT2D eigenvalue weighted by atomic mass is 19.4. The summed E-state index contributed by atoms with van der Waals surface area (Å²) in [6, 6.07) is 9.42. The first-order valence-corrected chi connectivity index (χ1v) is 12.0. The molecule has 0 N–H and O–H groups in total. The molecule has 1 saturated carbocycles. The highest BCUT2D eigenvalue weighted by molar-refractivity contribution is 5.96. The van der Waals surface area contributed by atoms with Gasteiger partial charge in [0.05, 0.1) is 32.7 Å². The molecule has 0 spiro atoms. The van der Waals surface area contributed by atoms with E-state index < -0.39 is 18.2 Å². The minimum atomic E-state index is -4.88. The van der Waals surface area contributed by atoms with Crippen LogP contribution in [0.25, 0.3) is 0 Å². The van der Waals surface area contributed by atoms with Gasteiger partial charge in [0.15, 0.2) is 0 Å². The Labute approximate surface area is 217 Å². The standard InChI is InChI=1S/C28H26F3NO6/c1-34-18-8-9-20(36-13-12-18)15-32-23-11-10-19(38-28(29,30)31)14-22(23)27(37-16-25(32)33)21-4-3-5-24(35-2)26(21)17-6-7-17/h3-5,8-14,17,27H,6-7,15-16H2,1-2H3. The van der Waals surface area contributed by atoms with Gasteiger partial charge in [-0.05, 0) is 60.7 Å². The van der Waals surface area contributed by atoms with Crippen molar-refractivity contribution in [2.24, 2.45) is 0 Å². The van der Waals surface area contributed by atoms with Crippen molar-refractivity contribution in [2.45, 2.75) is 31.2 Å². The Morgan fingerprint density at radius 3 is 2.58 bits per heavy atom. The third-order valence-corrected chi connectivity index (χ3v) is 6.50. The van der Waals surface area contributed by atoms with E-state index in [4.69, 9.17) is 18.9 Å². The Kier molecular flexibility index (Phi) is 7.07. The summed E-state index contributed by atoms with van der Waals surface area (Å²) in [6.45, 7) is -0.273. The maximum Gasteiger partial charge on any atom is 0.573 e. The second kappa shape index (κ2) is 10.4. The van der Waals surface area contributed by atoms with E-state index in [1.54, 1.807) is 31.4 Å². The molecule has 1 unspecified atom stereocenters. The number of hydrogen-bond acceptors (Lipinski definition) is 6.